The van der Waals surface area contributed by atoms with E-state index in [9.17, 15) is 4.79 Å². The molecular weight excluding hydrogens is 276 g/mol. The third kappa shape index (κ3) is 3.05. The van der Waals surface area contributed by atoms with Gasteiger partial charge in [0.15, 0.2) is 0 Å². The minimum atomic E-state index is -0.490. The fourth-order valence-electron chi connectivity index (χ4n) is 1.77. The quantitative estimate of drug-likeness (QED) is 0.844. The second kappa shape index (κ2) is 6.04. The Bertz CT molecular complexity index is 694. The maximum atomic E-state index is 11.3. The van der Waals surface area contributed by atoms with Gasteiger partial charge in [0.2, 0.25) is 5.91 Å². The first-order valence-electron chi connectivity index (χ1n) is 5.79. The lowest BCUT2D eigenvalue weighted by Gasteiger charge is -2.10. The van der Waals surface area contributed by atoms with Crippen molar-refractivity contribution >= 4 is 23.2 Å². The number of amides is 1. The maximum absolute atomic E-state index is 11.3. The van der Waals surface area contributed by atoms with Crippen LogP contribution in [0.1, 0.15) is 21.5 Å². The average Bonchev–Trinajstić information content (AvgIpc) is 2.45. The Morgan fingerprint density at radius 3 is 2.90 bits per heavy atom. The highest BCUT2D eigenvalue weighted by atomic mass is 35.5. The van der Waals surface area contributed by atoms with Crippen LogP contribution in [-0.4, -0.2) is 10.9 Å². The van der Waals surface area contributed by atoms with Gasteiger partial charge in [-0.1, -0.05) is 29.8 Å². The number of hydrogen-bond donors (Lipinski definition) is 2. The second-order valence-electron chi connectivity index (χ2n) is 4.04. The Morgan fingerprint density at radius 1 is 1.45 bits per heavy atom. The number of aromatic nitrogens is 1. The van der Waals surface area contributed by atoms with Gasteiger partial charge in [0.25, 0.3) is 0 Å². The molecule has 2 rings (SSSR count). The molecular formula is C14H11ClN4O. The molecule has 0 aliphatic carbocycles. The van der Waals surface area contributed by atoms with Gasteiger partial charge in [-0.2, -0.15) is 5.26 Å². The predicted molar refractivity (Wildman–Crippen MR) is 76.2 cm³/mol. The number of hydrogen-bond acceptors (Lipinski definition) is 4. The molecule has 0 saturated heterocycles. The summed E-state index contributed by atoms with van der Waals surface area (Å²) in [5.74, 6) is -0.490. The molecule has 0 aliphatic heterocycles. The van der Waals surface area contributed by atoms with E-state index in [2.05, 4.69) is 10.3 Å². The summed E-state index contributed by atoms with van der Waals surface area (Å²) < 4.78 is 0. The van der Waals surface area contributed by atoms with Crippen LogP contribution in [-0.2, 0) is 6.54 Å². The average molecular weight is 287 g/mol. The summed E-state index contributed by atoms with van der Waals surface area (Å²) in [5, 5.41) is 12.4. The highest BCUT2D eigenvalue weighted by Crippen LogP contribution is 2.19. The lowest BCUT2D eigenvalue weighted by Crippen LogP contribution is -2.15. The Balaban J connectivity index is 2.24. The number of rotatable bonds is 4. The molecule has 2 aromatic rings. The molecule has 0 saturated carbocycles. The number of carbonyl (C=O) groups is 1. The van der Waals surface area contributed by atoms with Crippen LogP contribution in [0.15, 0.2) is 36.5 Å². The van der Waals surface area contributed by atoms with Crippen molar-refractivity contribution in [3.05, 3.63) is 58.4 Å². The topological polar surface area (TPSA) is 91.8 Å². The minimum absolute atomic E-state index is 0.287. The molecule has 0 radical (unpaired) electrons. The number of nitrogens with one attached hydrogen (secondary N) is 1. The number of nitriles is 1. The number of nitrogens with zero attached hydrogens (tertiary/aromatic N) is 2. The van der Waals surface area contributed by atoms with Crippen LogP contribution in [0.5, 0.6) is 0 Å². The molecule has 5 nitrogen and oxygen atoms in total. The molecule has 0 spiro atoms. The Kier molecular flexibility index (Phi) is 4.18. The van der Waals surface area contributed by atoms with Gasteiger partial charge in [-0.3, -0.25) is 4.79 Å². The number of pyridine rings is 1. The number of benzene rings is 1. The van der Waals surface area contributed by atoms with Crippen molar-refractivity contribution in [2.24, 2.45) is 5.73 Å². The zero-order valence-corrected chi connectivity index (χ0v) is 11.2. The summed E-state index contributed by atoms with van der Waals surface area (Å²) in [5.41, 5.74) is 7.45. The van der Waals surface area contributed by atoms with E-state index in [1.165, 1.54) is 6.20 Å². The summed E-state index contributed by atoms with van der Waals surface area (Å²) in [6, 6.07) is 10.6. The first-order chi connectivity index (χ1) is 9.61. The molecule has 0 bridgehead atoms. The summed E-state index contributed by atoms with van der Waals surface area (Å²) in [6.07, 6.45) is 1.39. The Labute approximate surface area is 121 Å². The van der Waals surface area contributed by atoms with Crippen LogP contribution in [0, 0.1) is 11.3 Å². The van der Waals surface area contributed by atoms with Gasteiger partial charge in [-0.05, 0) is 17.7 Å². The van der Waals surface area contributed by atoms with Crippen LogP contribution in [0.3, 0.4) is 0 Å². The molecule has 20 heavy (non-hydrogen) atoms. The van der Waals surface area contributed by atoms with E-state index < -0.39 is 5.91 Å². The van der Waals surface area contributed by atoms with E-state index in [1.807, 2.05) is 12.1 Å². The molecule has 1 heterocycles. The van der Waals surface area contributed by atoms with E-state index >= 15 is 0 Å². The highest BCUT2D eigenvalue weighted by Gasteiger charge is 2.08. The van der Waals surface area contributed by atoms with Gasteiger partial charge in [0.1, 0.15) is 11.2 Å². The van der Waals surface area contributed by atoms with E-state index in [1.54, 1.807) is 24.3 Å². The van der Waals surface area contributed by atoms with Crippen LogP contribution >= 0.6 is 11.6 Å². The van der Waals surface area contributed by atoms with Crippen molar-refractivity contribution in [3.63, 3.8) is 0 Å². The number of carbonyl (C=O) groups excluding carboxylic acids is 1. The first-order valence-corrected chi connectivity index (χ1v) is 6.17. The maximum Gasteiger partial charge on any atom is 0.249 e. The minimum Gasteiger partial charge on any atom is -0.380 e. The summed E-state index contributed by atoms with van der Waals surface area (Å²) in [7, 11) is 0. The molecule has 0 unspecified atom stereocenters. The molecule has 1 aromatic heterocycles. The third-order valence-corrected chi connectivity index (χ3v) is 2.95. The predicted octanol–water partition coefficient (Wildman–Crippen LogP) is 2.32. The zero-order chi connectivity index (χ0) is 14.5. The molecule has 0 atom stereocenters. The molecule has 0 aliphatic rings. The van der Waals surface area contributed by atoms with Gasteiger partial charge in [-0.15, -0.1) is 0 Å². The van der Waals surface area contributed by atoms with Gasteiger partial charge in [0, 0.05) is 18.3 Å². The van der Waals surface area contributed by atoms with E-state index in [4.69, 9.17) is 22.6 Å². The fraction of sp³-hybridized carbons (Fsp3) is 0.0714. The number of anilines is 1. The van der Waals surface area contributed by atoms with Crippen molar-refractivity contribution in [1.82, 2.24) is 4.98 Å². The van der Waals surface area contributed by atoms with Crippen LogP contribution < -0.4 is 11.1 Å². The summed E-state index contributed by atoms with van der Waals surface area (Å²) in [4.78, 5) is 15.2. The van der Waals surface area contributed by atoms with Gasteiger partial charge in [0.05, 0.1) is 11.3 Å². The molecule has 100 valence electrons. The van der Waals surface area contributed by atoms with Crippen LogP contribution in [0.2, 0.25) is 5.15 Å². The monoisotopic (exact) mass is 286 g/mol. The zero-order valence-electron chi connectivity index (χ0n) is 10.4. The number of nitrogens with two attached hydrogens (primary N) is 1. The normalized spacial score (nSPS) is 9.80. The first kappa shape index (κ1) is 13.8. The highest BCUT2D eigenvalue weighted by molar-refractivity contribution is 6.29. The molecule has 1 amide bonds. The Hall–Kier alpha value is -2.58. The molecule has 1 aromatic carbocycles. The molecule has 3 N–H and O–H groups in total. The van der Waals surface area contributed by atoms with Gasteiger partial charge >= 0.3 is 0 Å². The lowest BCUT2D eigenvalue weighted by molar-refractivity contribution is 0.0999. The fourth-order valence-corrected chi connectivity index (χ4v) is 1.93. The lowest BCUT2D eigenvalue weighted by atomic mass is 10.1. The summed E-state index contributed by atoms with van der Waals surface area (Å²) in [6.45, 7) is 0.355. The van der Waals surface area contributed by atoms with Crippen molar-refractivity contribution in [2.45, 2.75) is 6.54 Å². The van der Waals surface area contributed by atoms with Crippen LogP contribution in [0.25, 0.3) is 0 Å². The van der Waals surface area contributed by atoms with E-state index in [0.29, 0.717) is 23.4 Å². The van der Waals surface area contributed by atoms with Crippen molar-refractivity contribution in [2.75, 3.05) is 5.32 Å². The Morgan fingerprint density at radius 2 is 2.20 bits per heavy atom. The molecule has 0 fully saturated rings. The smallest absolute Gasteiger partial charge is 0.249 e. The van der Waals surface area contributed by atoms with Crippen LogP contribution in [0.4, 0.5) is 5.69 Å². The second-order valence-corrected chi connectivity index (χ2v) is 4.43. The standard InChI is InChI=1S/C14H11ClN4O/c15-13-5-12(10(6-16)8-19-13)18-7-9-3-1-2-4-11(9)14(17)20/h1-5,8H,7H2,(H2,17,20)(H,18,19). The van der Waals surface area contributed by atoms with Crippen molar-refractivity contribution in [3.8, 4) is 6.07 Å². The van der Waals surface area contributed by atoms with Gasteiger partial charge in [-0.25, -0.2) is 4.98 Å². The number of halogens is 1. The third-order valence-electron chi connectivity index (χ3n) is 2.74. The van der Waals surface area contributed by atoms with E-state index in [0.717, 1.165) is 5.56 Å². The van der Waals surface area contributed by atoms with Gasteiger partial charge < -0.3 is 11.1 Å². The summed E-state index contributed by atoms with van der Waals surface area (Å²) >= 11 is 5.80. The van der Waals surface area contributed by atoms with E-state index in [-0.39, 0.29) is 5.15 Å². The van der Waals surface area contributed by atoms with Crippen molar-refractivity contribution in [1.29, 1.82) is 5.26 Å². The molecule has 6 heteroatoms. The largest absolute Gasteiger partial charge is 0.380 e. The number of primary amides is 1. The SMILES string of the molecule is N#Cc1cnc(Cl)cc1NCc1ccccc1C(N)=O. The van der Waals surface area contributed by atoms with Crippen molar-refractivity contribution < 1.29 is 4.79 Å².